The van der Waals surface area contributed by atoms with Gasteiger partial charge in [-0.1, -0.05) is 42.5 Å². The van der Waals surface area contributed by atoms with E-state index in [1.54, 1.807) is 0 Å². The molecule has 0 bridgehead atoms. The van der Waals surface area contributed by atoms with Crippen molar-refractivity contribution in [1.29, 1.82) is 0 Å². The van der Waals surface area contributed by atoms with Crippen LogP contribution in [0.2, 0.25) is 0 Å². The number of hydrogen-bond donors (Lipinski definition) is 0. The average molecular weight is 462 g/mol. The van der Waals surface area contributed by atoms with Crippen LogP contribution >= 0.6 is 22.6 Å². The van der Waals surface area contributed by atoms with Gasteiger partial charge in [0.05, 0.1) is 3.57 Å². The van der Waals surface area contributed by atoms with Crippen molar-refractivity contribution in [3.8, 4) is 0 Å². The van der Waals surface area contributed by atoms with Crippen LogP contribution in [0.5, 0.6) is 0 Å². The fourth-order valence-corrected chi connectivity index (χ4v) is 4.10. The maximum absolute atomic E-state index is 6.09. The number of pyridine rings is 1. The average Bonchev–Trinajstić information content (AvgIpc) is 3.10. The topological polar surface area (TPSA) is 29.3 Å². The van der Waals surface area contributed by atoms with Crippen LogP contribution in [-0.4, -0.2) is 4.98 Å². The van der Waals surface area contributed by atoms with E-state index in [0.29, 0.717) is 0 Å². The summed E-state index contributed by atoms with van der Waals surface area (Å²) in [5.74, 6) is 0.881. The Hall–Kier alpha value is -2.86. The zero-order chi connectivity index (χ0) is 18.2. The van der Waals surface area contributed by atoms with Crippen molar-refractivity contribution < 1.29 is 4.42 Å². The molecule has 0 atom stereocenters. The quantitative estimate of drug-likeness (QED) is 0.269. The molecular formula is C23H15IN2O. The normalized spacial score (nSPS) is 11.1. The lowest BCUT2D eigenvalue weighted by molar-refractivity contribution is 0.666. The fraction of sp³-hybridized carbons (Fsp3) is 0. The van der Waals surface area contributed by atoms with Gasteiger partial charge < -0.3 is 4.42 Å². The van der Waals surface area contributed by atoms with Crippen LogP contribution in [0.25, 0.3) is 21.9 Å². The van der Waals surface area contributed by atoms with Gasteiger partial charge in [-0.2, -0.15) is 0 Å². The Labute approximate surface area is 170 Å². The van der Waals surface area contributed by atoms with Gasteiger partial charge in [0.25, 0.3) is 0 Å². The lowest BCUT2D eigenvalue weighted by Gasteiger charge is -2.24. The van der Waals surface area contributed by atoms with Crippen molar-refractivity contribution in [3.05, 3.63) is 94.7 Å². The summed E-state index contributed by atoms with van der Waals surface area (Å²) in [5, 5.41) is 2.24. The third kappa shape index (κ3) is 2.86. The van der Waals surface area contributed by atoms with Crippen LogP contribution in [0.15, 0.2) is 95.5 Å². The minimum atomic E-state index is 0.881. The van der Waals surface area contributed by atoms with E-state index in [9.17, 15) is 0 Å². The van der Waals surface area contributed by atoms with Crippen molar-refractivity contribution in [2.45, 2.75) is 0 Å². The first kappa shape index (κ1) is 16.3. The summed E-state index contributed by atoms with van der Waals surface area (Å²) in [6.45, 7) is 0. The van der Waals surface area contributed by atoms with Crippen molar-refractivity contribution in [1.82, 2.24) is 4.98 Å². The summed E-state index contributed by atoms with van der Waals surface area (Å²) in [7, 11) is 0. The van der Waals surface area contributed by atoms with Gasteiger partial charge in [0.1, 0.15) is 17.0 Å². The number of halogens is 1. The van der Waals surface area contributed by atoms with Crippen molar-refractivity contribution in [2.24, 2.45) is 0 Å². The van der Waals surface area contributed by atoms with Crippen LogP contribution in [0.4, 0.5) is 17.2 Å². The van der Waals surface area contributed by atoms with Crippen molar-refractivity contribution >= 4 is 61.7 Å². The highest BCUT2D eigenvalue weighted by molar-refractivity contribution is 14.1. The number of fused-ring (bicyclic) bond motifs is 3. The summed E-state index contributed by atoms with van der Waals surface area (Å²) < 4.78 is 7.16. The standard InChI is InChI=1S/C23H15IN2O/c24-20-15-17(14-19-18-10-4-5-11-21(18)27-23(19)20)26(16-8-2-1-3-9-16)22-12-6-7-13-25-22/h1-15H. The van der Waals surface area contributed by atoms with Crippen LogP contribution in [0, 0.1) is 3.57 Å². The minimum Gasteiger partial charge on any atom is -0.455 e. The molecule has 0 aliphatic carbocycles. The molecule has 27 heavy (non-hydrogen) atoms. The monoisotopic (exact) mass is 462 g/mol. The molecule has 5 rings (SSSR count). The first-order valence-corrected chi connectivity index (χ1v) is 9.76. The van der Waals surface area contributed by atoms with E-state index >= 15 is 0 Å². The molecule has 0 saturated carbocycles. The molecular weight excluding hydrogens is 447 g/mol. The summed E-state index contributed by atoms with van der Waals surface area (Å²) in [4.78, 5) is 6.76. The molecule has 0 aliphatic rings. The van der Waals surface area contributed by atoms with E-state index in [-0.39, 0.29) is 0 Å². The van der Waals surface area contributed by atoms with E-state index < -0.39 is 0 Å². The molecule has 5 aromatic rings. The molecule has 0 unspecified atom stereocenters. The second kappa shape index (κ2) is 6.70. The van der Waals surface area contributed by atoms with E-state index in [0.717, 1.165) is 42.7 Å². The van der Waals surface area contributed by atoms with Crippen LogP contribution in [0.1, 0.15) is 0 Å². The number of aromatic nitrogens is 1. The fourth-order valence-electron chi connectivity index (χ4n) is 3.38. The molecule has 0 radical (unpaired) electrons. The number of nitrogens with zero attached hydrogens (tertiary/aromatic N) is 2. The van der Waals surface area contributed by atoms with Gasteiger partial charge >= 0.3 is 0 Å². The van der Waals surface area contributed by atoms with Gasteiger partial charge in [0, 0.05) is 28.3 Å². The predicted octanol–water partition coefficient (Wildman–Crippen LogP) is 7.06. The Morgan fingerprint density at radius 3 is 2.33 bits per heavy atom. The number of hydrogen-bond acceptors (Lipinski definition) is 3. The van der Waals surface area contributed by atoms with Gasteiger partial charge in [0.15, 0.2) is 0 Å². The highest BCUT2D eigenvalue weighted by Gasteiger charge is 2.17. The molecule has 0 spiro atoms. The van der Waals surface area contributed by atoms with Gasteiger partial charge in [-0.15, -0.1) is 0 Å². The molecule has 0 N–H and O–H groups in total. The lowest BCUT2D eigenvalue weighted by Crippen LogP contribution is -2.11. The number of anilines is 3. The largest absolute Gasteiger partial charge is 0.455 e. The zero-order valence-corrected chi connectivity index (χ0v) is 16.5. The van der Waals surface area contributed by atoms with Crippen LogP contribution in [-0.2, 0) is 0 Å². The summed E-state index contributed by atoms with van der Waals surface area (Å²) >= 11 is 2.35. The highest BCUT2D eigenvalue weighted by Crippen LogP contribution is 2.39. The van der Waals surface area contributed by atoms with Gasteiger partial charge in [0.2, 0.25) is 0 Å². The Morgan fingerprint density at radius 2 is 1.52 bits per heavy atom. The Morgan fingerprint density at radius 1 is 0.741 bits per heavy atom. The molecule has 3 nitrogen and oxygen atoms in total. The molecule has 0 saturated heterocycles. The Bertz CT molecular complexity index is 1190. The second-order valence-electron chi connectivity index (χ2n) is 6.26. The van der Waals surface area contributed by atoms with E-state index in [1.165, 1.54) is 0 Å². The van der Waals surface area contributed by atoms with E-state index in [2.05, 4.69) is 62.8 Å². The predicted molar refractivity (Wildman–Crippen MR) is 119 cm³/mol. The van der Waals surface area contributed by atoms with Crippen molar-refractivity contribution in [3.63, 3.8) is 0 Å². The number of rotatable bonds is 3. The SMILES string of the molecule is Ic1cc(N(c2ccccc2)c2ccccn2)cc2c1oc1ccccc12. The molecule has 4 heteroatoms. The molecule has 0 fully saturated rings. The van der Waals surface area contributed by atoms with Gasteiger partial charge in [-0.25, -0.2) is 4.98 Å². The van der Waals surface area contributed by atoms with E-state index in [4.69, 9.17) is 4.42 Å². The number of para-hydroxylation sites is 2. The zero-order valence-electron chi connectivity index (χ0n) is 14.3. The van der Waals surface area contributed by atoms with Crippen molar-refractivity contribution in [2.75, 3.05) is 4.90 Å². The first-order chi connectivity index (χ1) is 13.3. The number of benzene rings is 3. The first-order valence-electron chi connectivity index (χ1n) is 8.68. The van der Waals surface area contributed by atoms with E-state index in [1.807, 2.05) is 60.8 Å². The summed E-state index contributed by atoms with van der Waals surface area (Å²) in [6, 6.07) is 28.8. The van der Waals surface area contributed by atoms with Gasteiger partial charge in [-0.05, 0) is 65.1 Å². The lowest BCUT2D eigenvalue weighted by atomic mass is 10.1. The molecule has 130 valence electrons. The van der Waals surface area contributed by atoms with Crippen LogP contribution < -0.4 is 4.90 Å². The number of furan rings is 1. The van der Waals surface area contributed by atoms with Gasteiger partial charge in [-0.3, -0.25) is 4.90 Å². The molecule has 0 aliphatic heterocycles. The maximum atomic E-state index is 6.09. The Kier molecular flexibility index (Phi) is 4.05. The second-order valence-corrected chi connectivity index (χ2v) is 7.42. The third-order valence-electron chi connectivity index (χ3n) is 4.57. The Balaban J connectivity index is 1.79. The minimum absolute atomic E-state index is 0.881. The molecule has 0 amide bonds. The highest BCUT2D eigenvalue weighted by atomic mass is 127. The summed E-state index contributed by atoms with van der Waals surface area (Å²) in [6.07, 6.45) is 1.82. The smallest absolute Gasteiger partial charge is 0.148 e. The molecule has 2 aromatic heterocycles. The van der Waals surface area contributed by atoms with Crippen LogP contribution in [0.3, 0.4) is 0 Å². The third-order valence-corrected chi connectivity index (χ3v) is 5.37. The molecule has 3 aromatic carbocycles. The molecule has 2 heterocycles. The summed E-state index contributed by atoms with van der Waals surface area (Å²) in [5.41, 5.74) is 3.96. The maximum Gasteiger partial charge on any atom is 0.148 e.